The van der Waals surface area contributed by atoms with Crippen molar-refractivity contribution in [2.24, 2.45) is 10.5 Å². The highest BCUT2D eigenvalue weighted by Crippen LogP contribution is 2.29. The normalized spacial score (nSPS) is 18.7. The van der Waals surface area contributed by atoms with Crippen molar-refractivity contribution in [3.63, 3.8) is 0 Å². The Bertz CT molecular complexity index is 1090. The molecule has 2 aromatic rings. The van der Waals surface area contributed by atoms with Crippen molar-refractivity contribution in [3.05, 3.63) is 48.0 Å². The Morgan fingerprint density at radius 1 is 1.23 bits per heavy atom. The average Bonchev–Trinajstić information content (AvgIpc) is 3.22. The Balaban J connectivity index is 1.39. The Kier molecular flexibility index (Phi) is 7.33. The third kappa shape index (κ3) is 6.15. The fourth-order valence-corrected chi connectivity index (χ4v) is 3.99. The van der Waals surface area contributed by atoms with Gasteiger partial charge in [-0.15, -0.1) is 0 Å². The van der Waals surface area contributed by atoms with Gasteiger partial charge in [-0.25, -0.2) is 9.18 Å². The molecule has 186 valence electrons. The number of ether oxygens (including phenoxy) is 1. The molecule has 0 radical (unpaired) electrons. The molecule has 1 aromatic carbocycles. The minimum atomic E-state index is -0.564. The van der Waals surface area contributed by atoms with Crippen LogP contribution < -0.4 is 10.2 Å². The predicted octanol–water partition coefficient (Wildman–Crippen LogP) is 4.20. The highest BCUT2D eigenvalue weighted by atomic mass is 19.1. The Hall–Kier alpha value is -3.49. The Labute approximate surface area is 205 Å². The lowest BCUT2D eigenvalue weighted by Gasteiger charge is -2.23. The SMILES string of the molecule is CC(C)(C)C(=O)NC[C@H]1CN(c2ccc(-c3ccc(/C=N/N4CCCCC4)nc3)c(F)c2)C(=O)O1. The summed E-state index contributed by atoms with van der Waals surface area (Å²) < 4.78 is 20.3. The molecule has 2 aliphatic heterocycles. The summed E-state index contributed by atoms with van der Waals surface area (Å²) in [6, 6.07) is 8.25. The maximum absolute atomic E-state index is 15.0. The molecule has 35 heavy (non-hydrogen) atoms. The van der Waals surface area contributed by atoms with Crippen LogP contribution >= 0.6 is 0 Å². The van der Waals surface area contributed by atoms with Gasteiger partial charge in [-0.1, -0.05) is 26.8 Å². The van der Waals surface area contributed by atoms with E-state index in [2.05, 4.69) is 15.4 Å². The fraction of sp³-hybridized carbons (Fsp3) is 0.462. The number of piperidine rings is 1. The standard InChI is InChI=1S/C26H32FN5O3/c1-26(2,3)24(33)29-16-21-17-32(25(34)35-21)20-9-10-22(23(27)13-20)18-7-8-19(28-14-18)15-30-31-11-5-4-6-12-31/h7-10,13-15,21H,4-6,11-12,16-17H2,1-3H3,(H,29,33)/b30-15+/t21-/m0/s1. The summed E-state index contributed by atoms with van der Waals surface area (Å²) in [5.74, 6) is -0.587. The molecule has 8 nitrogen and oxygen atoms in total. The summed E-state index contributed by atoms with van der Waals surface area (Å²) >= 11 is 0. The van der Waals surface area contributed by atoms with E-state index in [4.69, 9.17) is 4.74 Å². The van der Waals surface area contributed by atoms with Crippen LogP contribution in [-0.4, -0.2) is 60.5 Å². The number of aromatic nitrogens is 1. The predicted molar refractivity (Wildman–Crippen MR) is 133 cm³/mol. The number of amides is 2. The van der Waals surface area contributed by atoms with E-state index in [0.29, 0.717) is 22.5 Å². The van der Waals surface area contributed by atoms with Crippen LogP contribution in [-0.2, 0) is 9.53 Å². The minimum absolute atomic E-state index is 0.125. The first-order valence-corrected chi connectivity index (χ1v) is 12.0. The number of halogens is 1. The summed E-state index contributed by atoms with van der Waals surface area (Å²) in [6.45, 7) is 7.79. The van der Waals surface area contributed by atoms with Gasteiger partial charge < -0.3 is 10.1 Å². The van der Waals surface area contributed by atoms with E-state index in [-0.39, 0.29) is 19.0 Å². The second kappa shape index (κ2) is 10.4. The molecule has 2 aliphatic rings. The third-order valence-electron chi connectivity index (χ3n) is 6.09. The molecule has 1 aromatic heterocycles. The second-order valence-corrected chi connectivity index (χ2v) is 9.97. The average molecular weight is 482 g/mol. The molecule has 9 heteroatoms. The molecule has 0 bridgehead atoms. The molecule has 2 amide bonds. The van der Waals surface area contributed by atoms with E-state index in [0.717, 1.165) is 25.9 Å². The lowest BCUT2D eigenvalue weighted by Crippen LogP contribution is -2.40. The smallest absolute Gasteiger partial charge is 0.414 e. The summed E-state index contributed by atoms with van der Waals surface area (Å²) in [7, 11) is 0. The largest absolute Gasteiger partial charge is 0.442 e. The van der Waals surface area contributed by atoms with Crippen LogP contribution in [0.15, 0.2) is 41.6 Å². The number of hydrogen-bond donors (Lipinski definition) is 1. The van der Waals surface area contributed by atoms with Crippen LogP contribution in [0, 0.1) is 11.2 Å². The molecular weight excluding hydrogens is 449 g/mol. The van der Waals surface area contributed by atoms with Crippen LogP contribution in [0.3, 0.4) is 0 Å². The molecule has 0 aliphatic carbocycles. The number of nitrogens with one attached hydrogen (secondary N) is 1. The fourth-order valence-electron chi connectivity index (χ4n) is 3.99. The summed E-state index contributed by atoms with van der Waals surface area (Å²) in [6.07, 6.45) is 5.84. The Morgan fingerprint density at radius 2 is 2.00 bits per heavy atom. The number of rotatable bonds is 6. The van der Waals surface area contributed by atoms with Crippen LogP contribution in [0.2, 0.25) is 0 Å². The van der Waals surface area contributed by atoms with Crippen molar-refractivity contribution in [3.8, 4) is 11.1 Å². The zero-order chi connectivity index (χ0) is 25.0. The van der Waals surface area contributed by atoms with E-state index in [1.807, 2.05) is 31.8 Å². The summed E-state index contributed by atoms with van der Waals surface area (Å²) in [5.41, 5.74) is 1.60. The second-order valence-electron chi connectivity index (χ2n) is 9.97. The number of cyclic esters (lactones) is 1. The minimum Gasteiger partial charge on any atom is -0.442 e. The van der Waals surface area contributed by atoms with Gasteiger partial charge in [0.2, 0.25) is 5.91 Å². The van der Waals surface area contributed by atoms with E-state index >= 15 is 0 Å². The van der Waals surface area contributed by atoms with Crippen LogP contribution in [0.5, 0.6) is 0 Å². The van der Waals surface area contributed by atoms with Gasteiger partial charge in [0, 0.05) is 35.8 Å². The van der Waals surface area contributed by atoms with Gasteiger partial charge in [-0.3, -0.25) is 19.7 Å². The number of hydrogen-bond acceptors (Lipinski definition) is 6. The molecule has 1 N–H and O–H groups in total. The van der Waals surface area contributed by atoms with E-state index in [1.165, 1.54) is 17.4 Å². The maximum Gasteiger partial charge on any atom is 0.414 e. The summed E-state index contributed by atoms with van der Waals surface area (Å²) in [4.78, 5) is 30.2. The number of carbonyl (C=O) groups excluding carboxylic acids is 2. The van der Waals surface area contributed by atoms with Gasteiger partial charge in [-0.2, -0.15) is 5.10 Å². The van der Waals surface area contributed by atoms with Crippen LogP contribution in [0.4, 0.5) is 14.9 Å². The van der Waals surface area contributed by atoms with Crippen molar-refractivity contribution in [1.82, 2.24) is 15.3 Å². The first kappa shape index (κ1) is 24.6. The van der Waals surface area contributed by atoms with Gasteiger partial charge >= 0.3 is 6.09 Å². The van der Waals surface area contributed by atoms with Gasteiger partial charge in [0.15, 0.2) is 0 Å². The summed E-state index contributed by atoms with van der Waals surface area (Å²) in [5, 5.41) is 9.32. The lowest BCUT2D eigenvalue weighted by atomic mass is 9.96. The lowest BCUT2D eigenvalue weighted by molar-refractivity contribution is -0.128. The number of benzene rings is 1. The topological polar surface area (TPSA) is 87.1 Å². The first-order chi connectivity index (χ1) is 16.7. The van der Waals surface area contributed by atoms with Gasteiger partial charge in [0.05, 0.1) is 30.7 Å². The maximum atomic E-state index is 15.0. The monoisotopic (exact) mass is 481 g/mol. The molecule has 3 heterocycles. The molecular formula is C26H32FN5O3. The zero-order valence-electron chi connectivity index (χ0n) is 20.5. The van der Waals surface area contributed by atoms with Crippen molar-refractivity contribution in [1.29, 1.82) is 0 Å². The number of carbonyl (C=O) groups is 2. The van der Waals surface area contributed by atoms with E-state index in [1.54, 1.807) is 30.6 Å². The molecule has 0 spiro atoms. The van der Waals surface area contributed by atoms with E-state index < -0.39 is 23.4 Å². The first-order valence-electron chi connectivity index (χ1n) is 12.0. The van der Waals surface area contributed by atoms with Crippen molar-refractivity contribution in [2.45, 2.75) is 46.1 Å². The molecule has 4 rings (SSSR count). The number of nitrogens with zero attached hydrogens (tertiary/aromatic N) is 4. The van der Waals surface area contributed by atoms with E-state index in [9.17, 15) is 14.0 Å². The highest BCUT2D eigenvalue weighted by Gasteiger charge is 2.33. The molecule has 0 saturated carbocycles. The molecule has 1 atom stereocenters. The van der Waals surface area contributed by atoms with Crippen LogP contribution in [0.25, 0.3) is 11.1 Å². The van der Waals surface area contributed by atoms with Gasteiger partial charge in [0.25, 0.3) is 0 Å². The van der Waals surface area contributed by atoms with Crippen molar-refractivity contribution >= 4 is 23.9 Å². The molecule has 0 unspecified atom stereocenters. The highest BCUT2D eigenvalue weighted by molar-refractivity contribution is 5.90. The number of hydrazone groups is 1. The van der Waals surface area contributed by atoms with Crippen LogP contribution in [0.1, 0.15) is 45.7 Å². The quantitative estimate of drug-likeness (QED) is 0.625. The van der Waals surface area contributed by atoms with Gasteiger partial charge in [-0.05, 0) is 43.5 Å². The van der Waals surface area contributed by atoms with Crippen molar-refractivity contribution in [2.75, 3.05) is 31.1 Å². The van der Waals surface area contributed by atoms with Gasteiger partial charge in [0.1, 0.15) is 11.9 Å². The molecule has 2 fully saturated rings. The zero-order valence-corrected chi connectivity index (χ0v) is 20.5. The van der Waals surface area contributed by atoms with Crippen molar-refractivity contribution < 1.29 is 18.7 Å². The molecule has 2 saturated heterocycles. The third-order valence-corrected chi connectivity index (χ3v) is 6.09. The Morgan fingerprint density at radius 3 is 2.66 bits per heavy atom. The number of pyridine rings is 1. The number of anilines is 1.